The summed E-state index contributed by atoms with van der Waals surface area (Å²) in [5.74, 6) is 3.12. The Morgan fingerprint density at radius 2 is 2.00 bits per heavy atom. The van der Waals surface area contributed by atoms with Crippen molar-refractivity contribution in [2.45, 2.75) is 33.2 Å². The van der Waals surface area contributed by atoms with Gasteiger partial charge in [-0.25, -0.2) is 4.98 Å². The van der Waals surface area contributed by atoms with Crippen LogP contribution >= 0.6 is 0 Å². The lowest BCUT2D eigenvalue weighted by Gasteiger charge is -2.23. The number of nitrogens with zero attached hydrogens (tertiary/aromatic N) is 6. The second-order valence-electron chi connectivity index (χ2n) is 6.44. The van der Waals surface area contributed by atoms with E-state index < -0.39 is 0 Å². The number of anilines is 1. The van der Waals surface area contributed by atoms with Gasteiger partial charge in [-0.1, -0.05) is 37.3 Å². The molecule has 2 heterocycles. The van der Waals surface area contributed by atoms with Gasteiger partial charge in [-0.3, -0.25) is 9.67 Å². The van der Waals surface area contributed by atoms with E-state index in [1.165, 1.54) is 11.9 Å². The zero-order valence-electron chi connectivity index (χ0n) is 15.1. The first kappa shape index (κ1) is 17.1. The van der Waals surface area contributed by atoms with Crippen molar-refractivity contribution in [3.05, 3.63) is 53.9 Å². The molecule has 0 saturated heterocycles. The topological polar surface area (TPSA) is 75.5 Å². The van der Waals surface area contributed by atoms with Crippen molar-refractivity contribution in [2.75, 3.05) is 18.5 Å². The molecule has 25 heavy (non-hydrogen) atoms. The molecule has 1 atom stereocenters. The molecule has 3 aromatic rings. The monoisotopic (exact) mass is 339 g/mol. The van der Waals surface area contributed by atoms with E-state index in [9.17, 15) is 0 Å². The van der Waals surface area contributed by atoms with Crippen molar-refractivity contribution >= 4 is 5.95 Å². The summed E-state index contributed by atoms with van der Waals surface area (Å²) >= 11 is 0. The molecule has 0 saturated carbocycles. The van der Waals surface area contributed by atoms with Gasteiger partial charge in [0.1, 0.15) is 18.0 Å². The second kappa shape index (κ2) is 7.92. The quantitative estimate of drug-likeness (QED) is 0.682. The molecule has 1 unspecified atom stereocenters. The summed E-state index contributed by atoms with van der Waals surface area (Å²) < 4.78 is 2.14. The van der Waals surface area contributed by atoms with Crippen LogP contribution in [0.3, 0.4) is 0 Å². The van der Waals surface area contributed by atoms with Gasteiger partial charge in [0.25, 0.3) is 0 Å². The van der Waals surface area contributed by atoms with Crippen LogP contribution < -0.4 is 4.90 Å². The number of hydrogen-bond donors (Lipinski definition) is 1. The first-order valence-electron chi connectivity index (χ1n) is 8.68. The van der Waals surface area contributed by atoms with E-state index in [2.05, 4.69) is 86.1 Å². The molecule has 0 aliphatic carbocycles. The van der Waals surface area contributed by atoms with Gasteiger partial charge in [0.2, 0.25) is 5.95 Å². The maximum absolute atomic E-state index is 4.40. The molecule has 7 nitrogen and oxygen atoms in total. The molecule has 0 aliphatic rings. The Kier molecular flexibility index (Phi) is 5.42. The second-order valence-corrected chi connectivity index (χ2v) is 6.44. The van der Waals surface area contributed by atoms with Crippen LogP contribution in [0.25, 0.3) is 0 Å². The van der Waals surface area contributed by atoms with E-state index >= 15 is 0 Å². The SMILES string of the molecule is CCn1c(Cc2ncn[nH]2)nnc1N(C)CC(C)Cc1ccccc1. The summed E-state index contributed by atoms with van der Waals surface area (Å²) in [6.07, 6.45) is 3.17. The average Bonchev–Trinajstić information content (AvgIpc) is 3.25. The van der Waals surface area contributed by atoms with Crippen molar-refractivity contribution in [1.82, 2.24) is 29.9 Å². The van der Waals surface area contributed by atoms with Gasteiger partial charge in [0, 0.05) is 20.1 Å². The highest BCUT2D eigenvalue weighted by molar-refractivity contribution is 5.30. The molecule has 132 valence electrons. The first-order chi connectivity index (χ1) is 12.2. The number of aromatic nitrogens is 6. The number of H-pyrrole nitrogens is 1. The first-order valence-corrected chi connectivity index (χ1v) is 8.68. The fraction of sp³-hybridized carbons (Fsp3) is 0.444. The molecule has 0 amide bonds. The van der Waals surface area contributed by atoms with Crippen molar-refractivity contribution in [2.24, 2.45) is 5.92 Å². The molecular weight excluding hydrogens is 314 g/mol. The van der Waals surface area contributed by atoms with Gasteiger partial charge < -0.3 is 4.90 Å². The average molecular weight is 339 g/mol. The minimum absolute atomic E-state index is 0.520. The highest BCUT2D eigenvalue weighted by atomic mass is 15.4. The smallest absolute Gasteiger partial charge is 0.226 e. The van der Waals surface area contributed by atoms with Gasteiger partial charge in [-0.05, 0) is 24.8 Å². The van der Waals surface area contributed by atoms with Gasteiger partial charge >= 0.3 is 0 Å². The normalized spacial score (nSPS) is 12.3. The highest BCUT2D eigenvalue weighted by Gasteiger charge is 2.17. The van der Waals surface area contributed by atoms with Gasteiger partial charge in [0.05, 0.1) is 6.42 Å². The van der Waals surface area contributed by atoms with E-state index in [1.54, 1.807) is 0 Å². The molecule has 3 rings (SSSR count). The van der Waals surface area contributed by atoms with Crippen LogP contribution in [0, 0.1) is 5.92 Å². The largest absolute Gasteiger partial charge is 0.344 e. The van der Waals surface area contributed by atoms with Crippen molar-refractivity contribution in [1.29, 1.82) is 0 Å². The minimum atomic E-state index is 0.520. The Hall–Kier alpha value is -2.70. The predicted octanol–water partition coefficient (Wildman–Crippen LogP) is 2.32. The maximum Gasteiger partial charge on any atom is 0.226 e. The summed E-state index contributed by atoms with van der Waals surface area (Å²) in [6, 6.07) is 10.6. The van der Waals surface area contributed by atoms with Crippen LogP contribution in [0.1, 0.15) is 31.1 Å². The van der Waals surface area contributed by atoms with Crippen molar-refractivity contribution in [3.63, 3.8) is 0 Å². The maximum atomic E-state index is 4.40. The van der Waals surface area contributed by atoms with Crippen LogP contribution in [0.5, 0.6) is 0 Å². The van der Waals surface area contributed by atoms with Gasteiger partial charge in [0.15, 0.2) is 0 Å². The zero-order valence-corrected chi connectivity index (χ0v) is 15.1. The van der Waals surface area contributed by atoms with E-state index in [1.807, 2.05) is 0 Å². The third kappa shape index (κ3) is 4.23. The van der Waals surface area contributed by atoms with Crippen LogP contribution in [0.15, 0.2) is 36.7 Å². The Morgan fingerprint density at radius 1 is 1.20 bits per heavy atom. The molecule has 1 aromatic carbocycles. The van der Waals surface area contributed by atoms with Crippen molar-refractivity contribution in [3.8, 4) is 0 Å². The Bertz CT molecular complexity index is 764. The zero-order chi connectivity index (χ0) is 17.6. The summed E-state index contributed by atoms with van der Waals surface area (Å²) in [4.78, 5) is 6.36. The van der Waals surface area contributed by atoms with Crippen LogP contribution in [0.4, 0.5) is 5.95 Å². The third-order valence-corrected chi connectivity index (χ3v) is 4.27. The molecular formula is C18H25N7. The molecule has 7 heteroatoms. The molecule has 0 fully saturated rings. The summed E-state index contributed by atoms with van der Waals surface area (Å²) in [6.45, 7) is 6.13. The lowest BCUT2D eigenvalue weighted by Crippen LogP contribution is -2.28. The molecule has 0 radical (unpaired) electrons. The fourth-order valence-corrected chi connectivity index (χ4v) is 3.16. The van der Waals surface area contributed by atoms with Crippen LogP contribution in [-0.2, 0) is 19.4 Å². The van der Waals surface area contributed by atoms with Gasteiger partial charge in [-0.2, -0.15) is 5.10 Å². The number of benzene rings is 1. The number of hydrogen-bond acceptors (Lipinski definition) is 5. The minimum Gasteiger partial charge on any atom is -0.344 e. The lowest BCUT2D eigenvalue weighted by atomic mass is 10.0. The molecule has 1 N–H and O–H groups in total. The predicted molar refractivity (Wildman–Crippen MR) is 97.5 cm³/mol. The Labute approximate surface area is 148 Å². The number of nitrogens with one attached hydrogen (secondary N) is 1. The van der Waals surface area contributed by atoms with E-state index in [0.29, 0.717) is 12.3 Å². The summed E-state index contributed by atoms with van der Waals surface area (Å²) in [5.41, 5.74) is 1.37. The van der Waals surface area contributed by atoms with Gasteiger partial charge in [-0.15, -0.1) is 10.2 Å². The molecule has 0 spiro atoms. The van der Waals surface area contributed by atoms with Crippen LogP contribution in [0.2, 0.25) is 0 Å². The number of rotatable bonds is 8. The lowest BCUT2D eigenvalue weighted by molar-refractivity contribution is 0.561. The van der Waals surface area contributed by atoms with E-state index in [-0.39, 0.29) is 0 Å². The highest BCUT2D eigenvalue weighted by Crippen LogP contribution is 2.17. The fourth-order valence-electron chi connectivity index (χ4n) is 3.16. The Balaban J connectivity index is 1.67. The molecule has 0 aliphatic heterocycles. The number of aromatic amines is 1. The summed E-state index contributed by atoms with van der Waals surface area (Å²) in [5, 5.41) is 15.5. The van der Waals surface area contributed by atoms with Crippen LogP contribution in [-0.4, -0.2) is 43.5 Å². The van der Waals surface area contributed by atoms with Crippen molar-refractivity contribution < 1.29 is 0 Å². The Morgan fingerprint density at radius 3 is 2.68 bits per heavy atom. The third-order valence-electron chi connectivity index (χ3n) is 4.27. The molecule has 0 bridgehead atoms. The summed E-state index contributed by atoms with van der Waals surface area (Å²) in [7, 11) is 2.08. The van der Waals surface area contributed by atoms with E-state index in [4.69, 9.17) is 0 Å². The standard InChI is InChI=1S/C18H25N7/c1-4-25-17(11-16-19-13-20-21-16)22-23-18(25)24(3)12-14(2)10-15-8-6-5-7-9-15/h5-9,13-14H,4,10-12H2,1-3H3,(H,19,20,21). The van der Waals surface area contributed by atoms with E-state index in [0.717, 1.165) is 37.1 Å². The molecule has 2 aromatic heterocycles.